The van der Waals surface area contributed by atoms with Gasteiger partial charge in [-0.3, -0.25) is 9.69 Å². The van der Waals surface area contributed by atoms with E-state index >= 15 is 0 Å². The van der Waals surface area contributed by atoms with Gasteiger partial charge in [0.25, 0.3) is 0 Å². The Morgan fingerprint density at radius 1 is 1.12 bits per heavy atom. The SMILES string of the molecule is O=C(NC1CCN(CO)CC1)C1CCCCC1. The van der Waals surface area contributed by atoms with Crippen LogP contribution in [0.5, 0.6) is 0 Å². The fourth-order valence-corrected chi connectivity index (χ4v) is 2.90. The molecule has 1 heterocycles. The van der Waals surface area contributed by atoms with Crippen molar-refractivity contribution in [2.75, 3.05) is 19.8 Å². The molecule has 0 radical (unpaired) electrons. The summed E-state index contributed by atoms with van der Waals surface area (Å²) in [5, 5.41) is 12.2. The molecule has 98 valence electrons. The maximum Gasteiger partial charge on any atom is 0.223 e. The predicted octanol–water partition coefficient (Wildman–Crippen LogP) is 1.10. The van der Waals surface area contributed by atoms with E-state index in [-0.39, 0.29) is 18.6 Å². The summed E-state index contributed by atoms with van der Waals surface area (Å²) in [5.41, 5.74) is 0. The molecule has 4 nitrogen and oxygen atoms in total. The number of piperidine rings is 1. The van der Waals surface area contributed by atoms with E-state index in [1.807, 2.05) is 4.90 Å². The molecule has 2 aliphatic rings. The zero-order valence-corrected chi connectivity index (χ0v) is 10.5. The number of amides is 1. The lowest BCUT2D eigenvalue weighted by atomic mass is 9.88. The van der Waals surface area contributed by atoms with E-state index in [2.05, 4.69) is 5.32 Å². The summed E-state index contributed by atoms with van der Waals surface area (Å²) in [4.78, 5) is 14.1. The van der Waals surface area contributed by atoms with Crippen molar-refractivity contribution in [3.8, 4) is 0 Å². The van der Waals surface area contributed by atoms with Gasteiger partial charge in [-0.25, -0.2) is 0 Å². The predicted molar refractivity (Wildman–Crippen MR) is 66.4 cm³/mol. The average Bonchev–Trinajstić information content (AvgIpc) is 2.40. The molecule has 2 rings (SSSR count). The Labute approximate surface area is 103 Å². The summed E-state index contributed by atoms with van der Waals surface area (Å²) in [6.45, 7) is 1.93. The Morgan fingerprint density at radius 2 is 1.76 bits per heavy atom. The molecular weight excluding hydrogens is 216 g/mol. The molecule has 0 atom stereocenters. The van der Waals surface area contributed by atoms with Crippen LogP contribution in [-0.2, 0) is 4.79 Å². The van der Waals surface area contributed by atoms with Crippen LogP contribution in [-0.4, -0.2) is 41.8 Å². The largest absolute Gasteiger partial charge is 0.381 e. The minimum Gasteiger partial charge on any atom is -0.381 e. The van der Waals surface area contributed by atoms with Gasteiger partial charge < -0.3 is 10.4 Å². The van der Waals surface area contributed by atoms with Gasteiger partial charge in [-0.05, 0) is 25.7 Å². The van der Waals surface area contributed by atoms with E-state index in [1.54, 1.807) is 0 Å². The maximum atomic E-state index is 12.0. The number of aliphatic hydroxyl groups is 1. The molecular formula is C13H24N2O2. The summed E-state index contributed by atoms with van der Waals surface area (Å²) >= 11 is 0. The number of aliphatic hydroxyl groups excluding tert-OH is 1. The third-order valence-electron chi connectivity index (χ3n) is 4.11. The quantitative estimate of drug-likeness (QED) is 0.776. The van der Waals surface area contributed by atoms with Crippen molar-refractivity contribution >= 4 is 5.91 Å². The number of hydrogen-bond acceptors (Lipinski definition) is 3. The average molecular weight is 240 g/mol. The lowest BCUT2D eigenvalue weighted by Crippen LogP contribution is -2.46. The first kappa shape index (κ1) is 12.8. The second-order valence-corrected chi connectivity index (χ2v) is 5.38. The lowest BCUT2D eigenvalue weighted by molar-refractivity contribution is -0.127. The van der Waals surface area contributed by atoms with Gasteiger partial charge in [0.05, 0.1) is 6.73 Å². The highest BCUT2D eigenvalue weighted by atomic mass is 16.3. The molecule has 0 aromatic rings. The Kier molecular flexibility index (Phi) is 4.80. The first-order chi connectivity index (χ1) is 8.29. The minimum atomic E-state index is 0.142. The number of likely N-dealkylation sites (tertiary alicyclic amines) is 1. The molecule has 0 spiro atoms. The van der Waals surface area contributed by atoms with Gasteiger partial charge in [-0.1, -0.05) is 19.3 Å². The number of nitrogens with one attached hydrogen (secondary N) is 1. The van der Waals surface area contributed by atoms with Crippen molar-refractivity contribution < 1.29 is 9.90 Å². The molecule has 0 aromatic heterocycles. The van der Waals surface area contributed by atoms with Gasteiger partial charge in [0, 0.05) is 25.0 Å². The van der Waals surface area contributed by atoms with Crippen LogP contribution in [0.2, 0.25) is 0 Å². The third-order valence-corrected chi connectivity index (χ3v) is 4.11. The van der Waals surface area contributed by atoms with Gasteiger partial charge in [0.15, 0.2) is 0 Å². The highest BCUT2D eigenvalue weighted by Crippen LogP contribution is 2.24. The number of carbonyl (C=O) groups excluding carboxylic acids is 1. The fourth-order valence-electron chi connectivity index (χ4n) is 2.90. The van der Waals surface area contributed by atoms with Gasteiger partial charge in [-0.15, -0.1) is 0 Å². The van der Waals surface area contributed by atoms with E-state index in [0.29, 0.717) is 6.04 Å². The maximum absolute atomic E-state index is 12.0. The molecule has 1 saturated carbocycles. The van der Waals surface area contributed by atoms with Crippen molar-refractivity contribution in [1.29, 1.82) is 0 Å². The first-order valence-corrected chi connectivity index (χ1v) is 6.93. The monoisotopic (exact) mass is 240 g/mol. The zero-order valence-electron chi connectivity index (χ0n) is 10.5. The Balaban J connectivity index is 1.71. The smallest absolute Gasteiger partial charge is 0.223 e. The van der Waals surface area contributed by atoms with E-state index in [4.69, 9.17) is 5.11 Å². The van der Waals surface area contributed by atoms with Crippen molar-refractivity contribution in [2.24, 2.45) is 5.92 Å². The second-order valence-electron chi connectivity index (χ2n) is 5.38. The van der Waals surface area contributed by atoms with Gasteiger partial charge in [0.2, 0.25) is 5.91 Å². The Hall–Kier alpha value is -0.610. The van der Waals surface area contributed by atoms with Crippen LogP contribution in [0.1, 0.15) is 44.9 Å². The van der Waals surface area contributed by atoms with Crippen LogP contribution in [0.25, 0.3) is 0 Å². The normalized spacial score (nSPS) is 24.8. The lowest BCUT2D eigenvalue weighted by Gasteiger charge is -2.32. The van der Waals surface area contributed by atoms with Gasteiger partial charge in [0.1, 0.15) is 0 Å². The van der Waals surface area contributed by atoms with E-state index in [0.717, 1.165) is 38.8 Å². The van der Waals surface area contributed by atoms with E-state index < -0.39 is 0 Å². The number of nitrogens with zero attached hydrogens (tertiary/aromatic N) is 1. The van der Waals surface area contributed by atoms with Crippen LogP contribution < -0.4 is 5.32 Å². The number of rotatable bonds is 3. The van der Waals surface area contributed by atoms with Crippen molar-refractivity contribution in [2.45, 2.75) is 51.0 Å². The molecule has 17 heavy (non-hydrogen) atoms. The fraction of sp³-hybridized carbons (Fsp3) is 0.923. The summed E-state index contributed by atoms with van der Waals surface area (Å²) in [6.07, 6.45) is 7.79. The molecule has 0 bridgehead atoms. The summed E-state index contributed by atoms with van der Waals surface area (Å²) in [5.74, 6) is 0.534. The molecule has 0 unspecified atom stereocenters. The molecule has 1 saturated heterocycles. The molecule has 1 amide bonds. The van der Waals surface area contributed by atoms with Crippen molar-refractivity contribution in [1.82, 2.24) is 10.2 Å². The highest BCUT2D eigenvalue weighted by Gasteiger charge is 2.25. The number of hydrogen-bond donors (Lipinski definition) is 2. The topological polar surface area (TPSA) is 52.6 Å². The van der Waals surface area contributed by atoms with Crippen LogP contribution >= 0.6 is 0 Å². The third kappa shape index (κ3) is 3.68. The van der Waals surface area contributed by atoms with Gasteiger partial charge in [-0.2, -0.15) is 0 Å². The molecule has 1 aliphatic heterocycles. The number of carbonyl (C=O) groups is 1. The molecule has 0 aromatic carbocycles. The van der Waals surface area contributed by atoms with Crippen molar-refractivity contribution in [3.05, 3.63) is 0 Å². The second kappa shape index (κ2) is 6.36. The van der Waals surface area contributed by atoms with Gasteiger partial charge >= 0.3 is 0 Å². The summed E-state index contributed by atoms with van der Waals surface area (Å²) in [7, 11) is 0. The van der Waals surface area contributed by atoms with Crippen LogP contribution in [0.4, 0.5) is 0 Å². The Bertz CT molecular complexity index is 244. The summed E-state index contributed by atoms with van der Waals surface area (Å²) < 4.78 is 0. The minimum absolute atomic E-state index is 0.142. The van der Waals surface area contributed by atoms with Crippen LogP contribution in [0.3, 0.4) is 0 Å². The zero-order chi connectivity index (χ0) is 12.1. The molecule has 2 N–H and O–H groups in total. The Morgan fingerprint density at radius 3 is 2.35 bits per heavy atom. The highest BCUT2D eigenvalue weighted by molar-refractivity contribution is 5.79. The standard InChI is InChI=1S/C13H24N2O2/c16-10-15-8-6-12(7-9-15)14-13(17)11-4-2-1-3-5-11/h11-12,16H,1-10H2,(H,14,17). The van der Waals surface area contributed by atoms with Crippen LogP contribution in [0, 0.1) is 5.92 Å². The van der Waals surface area contributed by atoms with E-state index in [9.17, 15) is 4.79 Å². The molecule has 1 aliphatic carbocycles. The van der Waals surface area contributed by atoms with Crippen LogP contribution in [0.15, 0.2) is 0 Å². The first-order valence-electron chi connectivity index (χ1n) is 6.93. The molecule has 4 heteroatoms. The van der Waals surface area contributed by atoms with E-state index in [1.165, 1.54) is 19.3 Å². The molecule has 2 fully saturated rings. The van der Waals surface area contributed by atoms with Crippen molar-refractivity contribution in [3.63, 3.8) is 0 Å². The summed E-state index contributed by atoms with van der Waals surface area (Å²) in [6, 6.07) is 0.326.